The normalized spacial score (nSPS) is 17.1. The minimum atomic E-state index is -0.257. The van der Waals surface area contributed by atoms with Gasteiger partial charge in [0, 0.05) is 23.6 Å². The molecule has 0 saturated carbocycles. The van der Waals surface area contributed by atoms with Crippen molar-refractivity contribution in [3.63, 3.8) is 0 Å². The van der Waals surface area contributed by atoms with Crippen molar-refractivity contribution in [3.8, 4) is 11.5 Å². The molecule has 2 fully saturated rings. The van der Waals surface area contributed by atoms with Gasteiger partial charge in [0.15, 0.2) is 6.29 Å². The summed E-state index contributed by atoms with van der Waals surface area (Å²) in [5, 5.41) is 5.87. The molecule has 4 rings (SSSR count). The number of hydrogen-bond acceptors (Lipinski definition) is 7. The highest BCUT2D eigenvalue weighted by molar-refractivity contribution is 6.05. The van der Waals surface area contributed by atoms with Gasteiger partial charge in [0.05, 0.1) is 44.3 Å². The summed E-state index contributed by atoms with van der Waals surface area (Å²) in [6.07, 6.45) is 1.77. The van der Waals surface area contributed by atoms with Crippen LogP contribution in [0.4, 0.5) is 11.4 Å². The minimum Gasteiger partial charge on any atom is -0.492 e. The van der Waals surface area contributed by atoms with Crippen molar-refractivity contribution in [2.45, 2.75) is 33.0 Å². The van der Waals surface area contributed by atoms with E-state index in [1.165, 1.54) is 0 Å². The van der Waals surface area contributed by atoms with Crippen LogP contribution < -0.4 is 20.1 Å². The number of nitrogens with one attached hydrogen (secondary N) is 2. The molecular formula is C27H35N3O6. The molecule has 2 N–H and O–H groups in total. The molecule has 0 unspecified atom stereocenters. The van der Waals surface area contributed by atoms with Gasteiger partial charge in [0.2, 0.25) is 5.91 Å². The first-order valence-corrected chi connectivity index (χ1v) is 12.6. The summed E-state index contributed by atoms with van der Waals surface area (Å²) in [6.45, 7) is 7.77. The van der Waals surface area contributed by atoms with E-state index >= 15 is 0 Å². The number of rotatable bonds is 10. The average Bonchev–Trinajstić information content (AvgIpc) is 3.43. The number of amides is 2. The highest BCUT2D eigenvalue weighted by Gasteiger charge is 2.31. The summed E-state index contributed by atoms with van der Waals surface area (Å²) in [6, 6.07) is 12.3. The van der Waals surface area contributed by atoms with Gasteiger partial charge in [-0.1, -0.05) is 18.2 Å². The summed E-state index contributed by atoms with van der Waals surface area (Å²) in [5.41, 5.74) is 1.52. The molecule has 36 heavy (non-hydrogen) atoms. The van der Waals surface area contributed by atoms with Crippen molar-refractivity contribution < 1.29 is 28.5 Å². The van der Waals surface area contributed by atoms with Gasteiger partial charge in [-0.25, -0.2) is 0 Å². The molecule has 0 radical (unpaired) electrons. The number of nitrogens with zero attached hydrogens (tertiary/aromatic N) is 1. The van der Waals surface area contributed by atoms with Gasteiger partial charge in [-0.05, 0) is 51.9 Å². The monoisotopic (exact) mass is 497 g/mol. The Kier molecular flexibility index (Phi) is 9.16. The topological polar surface area (TPSA) is 98.4 Å². The second-order valence-electron chi connectivity index (χ2n) is 8.80. The van der Waals surface area contributed by atoms with E-state index in [0.29, 0.717) is 60.8 Å². The number of hydrogen-bond donors (Lipinski definition) is 2. The fraction of sp³-hybridized carbons (Fsp3) is 0.481. The van der Waals surface area contributed by atoms with Crippen LogP contribution in [0.2, 0.25) is 0 Å². The van der Waals surface area contributed by atoms with Gasteiger partial charge in [-0.15, -0.1) is 0 Å². The lowest BCUT2D eigenvalue weighted by Crippen LogP contribution is -2.41. The Morgan fingerprint density at radius 3 is 2.08 bits per heavy atom. The SMILES string of the molecule is CCOc1cc(NC(=O)c2ccccc2)c(OCC)cc1NC(=O)CN1CCC(C2OCCO2)CC1. The molecule has 0 aromatic heterocycles. The van der Waals surface area contributed by atoms with E-state index in [4.69, 9.17) is 18.9 Å². The van der Waals surface area contributed by atoms with Crippen molar-refractivity contribution in [2.75, 3.05) is 56.7 Å². The van der Waals surface area contributed by atoms with Gasteiger partial charge < -0.3 is 29.6 Å². The molecule has 9 nitrogen and oxygen atoms in total. The fourth-order valence-electron chi connectivity index (χ4n) is 4.51. The molecule has 0 aliphatic carbocycles. The van der Waals surface area contributed by atoms with Crippen LogP contribution >= 0.6 is 0 Å². The number of carbonyl (C=O) groups excluding carboxylic acids is 2. The highest BCUT2D eigenvalue weighted by atomic mass is 16.7. The van der Waals surface area contributed by atoms with Gasteiger partial charge >= 0.3 is 0 Å². The quantitative estimate of drug-likeness (QED) is 0.516. The van der Waals surface area contributed by atoms with E-state index < -0.39 is 0 Å². The van der Waals surface area contributed by atoms with Gasteiger partial charge in [0.1, 0.15) is 11.5 Å². The third kappa shape index (κ3) is 6.75. The van der Waals surface area contributed by atoms with E-state index in [1.807, 2.05) is 19.9 Å². The molecule has 9 heteroatoms. The van der Waals surface area contributed by atoms with Crippen molar-refractivity contribution in [1.29, 1.82) is 0 Å². The van der Waals surface area contributed by atoms with Gasteiger partial charge in [0.25, 0.3) is 5.91 Å². The van der Waals surface area contributed by atoms with E-state index in [0.717, 1.165) is 25.9 Å². The maximum atomic E-state index is 12.9. The molecule has 2 aromatic carbocycles. The predicted molar refractivity (Wildman–Crippen MR) is 137 cm³/mol. The van der Waals surface area contributed by atoms with Crippen molar-refractivity contribution in [1.82, 2.24) is 4.90 Å². The van der Waals surface area contributed by atoms with Crippen LogP contribution in [0.5, 0.6) is 11.5 Å². The molecule has 2 aromatic rings. The number of piperidine rings is 1. The molecule has 2 heterocycles. The lowest BCUT2D eigenvalue weighted by Gasteiger charge is -2.33. The number of ether oxygens (including phenoxy) is 4. The van der Waals surface area contributed by atoms with E-state index in [9.17, 15) is 9.59 Å². The van der Waals surface area contributed by atoms with E-state index in [-0.39, 0.29) is 24.6 Å². The second kappa shape index (κ2) is 12.7. The van der Waals surface area contributed by atoms with Crippen LogP contribution in [-0.2, 0) is 14.3 Å². The maximum Gasteiger partial charge on any atom is 0.255 e. The van der Waals surface area contributed by atoms with Crippen LogP contribution in [0.25, 0.3) is 0 Å². The first kappa shape index (κ1) is 25.9. The van der Waals surface area contributed by atoms with Crippen molar-refractivity contribution in [3.05, 3.63) is 48.0 Å². The number of likely N-dealkylation sites (tertiary alicyclic amines) is 1. The smallest absolute Gasteiger partial charge is 0.255 e. The molecule has 2 amide bonds. The summed E-state index contributed by atoms with van der Waals surface area (Å²) in [4.78, 5) is 27.8. The molecule has 0 bridgehead atoms. The van der Waals surface area contributed by atoms with Crippen molar-refractivity contribution >= 4 is 23.2 Å². The molecule has 2 aliphatic heterocycles. The van der Waals surface area contributed by atoms with Gasteiger partial charge in [-0.2, -0.15) is 0 Å². The molecule has 2 aliphatic rings. The van der Waals surface area contributed by atoms with Crippen LogP contribution in [-0.4, -0.2) is 69.1 Å². The van der Waals surface area contributed by atoms with Crippen LogP contribution in [0, 0.1) is 5.92 Å². The first-order valence-electron chi connectivity index (χ1n) is 12.6. The lowest BCUT2D eigenvalue weighted by molar-refractivity contribution is -0.119. The third-order valence-corrected chi connectivity index (χ3v) is 6.27. The third-order valence-electron chi connectivity index (χ3n) is 6.27. The number of carbonyl (C=O) groups is 2. The standard InChI is InChI=1S/C27H35N3O6/c1-3-33-23-17-22(29-26(32)19-8-6-5-7-9-19)24(34-4-2)16-21(23)28-25(31)18-30-12-10-20(11-13-30)27-35-14-15-36-27/h5-9,16-17,20,27H,3-4,10-15,18H2,1-2H3,(H,28,31)(H,29,32). The zero-order chi connectivity index (χ0) is 25.3. The Balaban J connectivity index is 1.42. The molecule has 2 saturated heterocycles. The Labute approximate surface area is 212 Å². The maximum absolute atomic E-state index is 12.9. The Morgan fingerprint density at radius 2 is 1.50 bits per heavy atom. The van der Waals surface area contributed by atoms with Crippen LogP contribution in [0.1, 0.15) is 37.0 Å². The van der Waals surface area contributed by atoms with Crippen LogP contribution in [0.15, 0.2) is 42.5 Å². The molecular weight excluding hydrogens is 462 g/mol. The molecule has 0 atom stereocenters. The van der Waals surface area contributed by atoms with Crippen molar-refractivity contribution in [2.24, 2.45) is 5.92 Å². The summed E-state index contributed by atoms with van der Waals surface area (Å²) in [7, 11) is 0. The highest BCUT2D eigenvalue weighted by Crippen LogP contribution is 2.37. The Bertz CT molecular complexity index is 1020. The molecule has 194 valence electrons. The zero-order valence-electron chi connectivity index (χ0n) is 21.0. The Hall–Kier alpha value is -3.14. The number of benzene rings is 2. The Morgan fingerprint density at radius 1 is 0.917 bits per heavy atom. The summed E-state index contributed by atoms with van der Waals surface area (Å²) >= 11 is 0. The first-order chi connectivity index (χ1) is 17.6. The fourth-order valence-corrected chi connectivity index (χ4v) is 4.51. The lowest BCUT2D eigenvalue weighted by atomic mass is 9.96. The molecule has 0 spiro atoms. The predicted octanol–water partition coefficient (Wildman–Crippen LogP) is 3.76. The second-order valence-corrected chi connectivity index (χ2v) is 8.80. The average molecular weight is 498 g/mol. The summed E-state index contributed by atoms with van der Waals surface area (Å²) < 4.78 is 22.9. The minimum absolute atomic E-state index is 0.104. The van der Waals surface area contributed by atoms with Crippen LogP contribution in [0.3, 0.4) is 0 Å². The van der Waals surface area contributed by atoms with Gasteiger partial charge in [-0.3, -0.25) is 14.5 Å². The van der Waals surface area contributed by atoms with E-state index in [2.05, 4.69) is 15.5 Å². The summed E-state index contributed by atoms with van der Waals surface area (Å²) in [5.74, 6) is 0.910. The zero-order valence-corrected chi connectivity index (χ0v) is 21.0. The van der Waals surface area contributed by atoms with E-state index in [1.54, 1.807) is 36.4 Å². The number of anilines is 2. The largest absolute Gasteiger partial charge is 0.492 e.